The molecule has 0 atom stereocenters. The van der Waals surface area contributed by atoms with Crippen LogP contribution in [-0.2, 0) is 9.53 Å². The van der Waals surface area contributed by atoms with Crippen molar-refractivity contribution in [3.05, 3.63) is 0 Å². The van der Waals surface area contributed by atoms with Crippen LogP contribution in [0, 0.1) is 0 Å². The van der Waals surface area contributed by atoms with Crippen LogP contribution in [0.2, 0.25) is 0 Å². The largest absolute Gasteiger partial charge is 0.370 e. The number of hydrogen-bond acceptors (Lipinski definition) is 2. The van der Waals surface area contributed by atoms with Crippen molar-refractivity contribution < 1.29 is 9.53 Å². The van der Waals surface area contributed by atoms with Gasteiger partial charge in [0.25, 0.3) is 0 Å². The van der Waals surface area contributed by atoms with E-state index < -0.39 is 0 Å². The van der Waals surface area contributed by atoms with Crippen LogP contribution in [0.4, 0.5) is 0 Å². The molecule has 0 saturated heterocycles. The van der Waals surface area contributed by atoms with E-state index in [1.54, 1.807) is 0 Å². The molecule has 0 aliphatic carbocycles. The lowest BCUT2D eigenvalue weighted by Gasteiger charge is -2.34. The molecule has 0 amide bonds. The van der Waals surface area contributed by atoms with Gasteiger partial charge in [-0.2, -0.15) is 0 Å². The highest BCUT2D eigenvalue weighted by molar-refractivity contribution is 5.10. The molecule has 0 fully saturated rings. The summed E-state index contributed by atoms with van der Waals surface area (Å²) in [5.74, 6) is 0. The van der Waals surface area contributed by atoms with Gasteiger partial charge in [-0.3, -0.25) is 0 Å². The summed E-state index contributed by atoms with van der Waals surface area (Å²) in [5, 5.41) is 0. The Balaban J connectivity index is 0. The summed E-state index contributed by atoms with van der Waals surface area (Å²) >= 11 is 0. The number of rotatable bonds is 4. The molecule has 0 heterocycles. The predicted molar refractivity (Wildman–Crippen MR) is 56.9 cm³/mol. The lowest BCUT2D eigenvalue weighted by molar-refractivity contribution is -0.124. The van der Waals surface area contributed by atoms with E-state index in [1.165, 1.54) is 0 Å². The van der Waals surface area contributed by atoms with E-state index in [0.29, 0.717) is 0 Å². The van der Waals surface area contributed by atoms with Gasteiger partial charge in [0.2, 0.25) is 0 Å². The zero-order chi connectivity index (χ0) is 11.1. The van der Waals surface area contributed by atoms with E-state index in [1.807, 2.05) is 6.79 Å². The Morgan fingerprint density at radius 1 is 0.923 bits per heavy atom. The van der Waals surface area contributed by atoms with Gasteiger partial charge in [0.15, 0.2) is 0 Å². The molecule has 0 aromatic carbocycles. The molecule has 0 unspecified atom stereocenters. The first kappa shape index (κ1) is 15.1. The van der Waals surface area contributed by atoms with Gasteiger partial charge >= 0.3 is 0 Å². The first-order valence-electron chi connectivity index (χ1n) is 4.82. The van der Waals surface area contributed by atoms with Crippen molar-refractivity contribution in [2.75, 3.05) is 0 Å². The zero-order valence-corrected chi connectivity index (χ0v) is 9.94. The first-order valence-corrected chi connectivity index (χ1v) is 4.82. The Morgan fingerprint density at radius 2 is 1.15 bits per heavy atom. The summed E-state index contributed by atoms with van der Waals surface area (Å²) in [6.45, 7) is 14.9. The maximum Gasteiger partial charge on any atom is 0.106 e. The van der Waals surface area contributed by atoms with Crippen LogP contribution >= 0.6 is 0 Å². The molecule has 2 nitrogen and oxygen atoms in total. The van der Waals surface area contributed by atoms with E-state index in [2.05, 4.69) is 41.5 Å². The van der Waals surface area contributed by atoms with Gasteiger partial charge in [-0.25, -0.2) is 0 Å². The molecule has 0 spiro atoms. The third kappa shape index (κ3) is 7.97. The van der Waals surface area contributed by atoms with Gasteiger partial charge in [0.05, 0.1) is 11.2 Å². The van der Waals surface area contributed by atoms with Crippen LogP contribution in [0.15, 0.2) is 0 Å². The third-order valence-corrected chi connectivity index (χ3v) is 2.26. The molecule has 80 valence electrons. The fourth-order valence-electron chi connectivity index (χ4n) is 0.892. The van der Waals surface area contributed by atoms with Crippen molar-refractivity contribution in [1.29, 1.82) is 0 Å². The maximum absolute atomic E-state index is 8.00. The number of ether oxygens (including phenoxy) is 1. The molecular formula is C11H24O2. The van der Waals surface area contributed by atoms with Crippen LogP contribution < -0.4 is 0 Å². The average Bonchev–Trinajstić information content (AvgIpc) is 2.07. The molecule has 13 heavy (non-hydrogen) atoms. The fourth-order valence-corrected chi connectivity index (χ4v) is 0.892. The second kappa shape index (κ2) is 6.14. The lowest BCUT2D eigenvalue weighted by Crippen LogP contribution is -2.35. The lowest BCUT2D eigenvalue weighted by atomic mass is 10.0. The van der Waals surface area contributed by atoms with Crippen molar-refractivity contribution in [3.8, 4) is 0 Å². The summed E-state index contributed by atoms with van der Waals surface area (Å²) < 4.78 is 5.92. The third-order valence-electron chi connectivity index (χ3n) is 2.26. The molecule has 0 aliphatic heterocycles. The molecule has 0 saturated carbocycles. The highest BCUT2D eigenvalue weighted by atomic mass is 16.5. The summed E-state index contributed by atoms with van der Waals surface area (Å²) in [5.41, 5.74) is 0.0546. The smallest absolute Gasteiger partial charge is 0.106 e. The van der Waals surface area contributed by atoms with Crippen molar-refractivity contribution in [2.45, 2.75) is 65.6 Å². The molecule has 0 rings (SSSR count). The SMILES string of the molecule is C=O.CCC(C)(C)OC(C)(C)CC. The number of carbonyl (C=O) groups is 1. The highest BCUT2D eigenvalue weighted by Gasteiger charge is 2.25. The maximum atomic E-state index is 8.00. The summed E-state index contributed by atoms with van der Waals surface area (Å²) in [6, 6.07) is 0. The standard InChI is InChI=1S/C10H22O.CH2O/c1-7-9(3,4)11-10(5,6)8-2;1-2/h7-8H2,1-6H3;1H2. The van der Waals surface area contributed by atoms with E-state index in [-0.39, 0.29) is 11.2 Å². The van der Waals surface area contributed by atoms with E-state index in [9.17, 15) is 0 Å². The quantitative estimate of drug-likeness (QED) is 0.677. The van der Waals surface area contributed by atoms with Crippen LogP contribution in [0.1, 0.15) is 54.4 Å². The zero-order valence-electron chi connectivity index (χ0n) is 9.94. The molecule has 2 heteroatoms. The second-order valence-corrected chi connectivity index (χ2v) is 4.33. The molecule has 0 bridgehead atoms. The van der Waals surface area contributed by atoms with Gasteiger partial charge in [-0.1, -0.05) is 13.8 Å². The van der Waals surface area contributed by atoms with Crippen LogP contribution in [0.3, 0.4) is 0 Å². The minimum Gasteiger partial charge on any atom is -0.370 e. The predicted octanol–water partition coefficient (Wildman–Crippen LogP) is 3.20. The normalized spacial score (nSPS) is 11.8. The Hall–Kier alpha value is -0.370. The molecule has 0 aliphatic rings. The van der Waals surface area contributed by atoms with E-state index >= 15 is 0 Å². The average molecular weight is 188 g/mol. The van der Waals surface area contributed by atoms with Gasteiger partial charge in [-0.05, 0) is 40.5 Å². The summed E-state index contributed by atoms with van der Waals surface area (Å²) in [6.07, 6.45) is 2.13. The molecule has 0 N–H and O–H groups in total. The van der Waals surface area contributed by atoms with Crippen molar-refractivity contribution in [2.24, 2.45) is 0 Å². The van der Waals surface area contributed by atoms with Crippen molar-refractivity contribution >= 4 is 6.79 Å². The van der Waals surface area contributed by atoms with E-state index in [4.69, 9.17) is 9.53 Å². The fraction of sp³-hybridized carbons (Fsp3) is 0.909. The highest BCUT2D eigenvalue weighted by Crippen LogP contribution is 2.24. The molecular weight excluding hydrogens is 164 g/mol. The molecule has 0 aromatic heterocycles. The van der Waals surface area contributed by atoms with Crippen LogP contribution in [0.25, 0.3) is 0 Å². The van der Waals surface area contributed by atoms with Gasteiger partial charge in [-0.15, -0.1) is 0 Å². The molecule has 0 radical (unpaired) electrons. The summed E-state index contributed by atoms with van der Waals surface area (Å²) in [7, 11) is 0. The van der Waals surface area contributed by atoms with Gasteiger partial charge in [0.1, 0.15) is 6.79 Å². The Kier molecular flexibility index (Phi) is 7.14. The first-order chi connectivity index (χ1) is 5.83. The monoisotopic (exact) mass is 188 g/mol. The van der Waals surface area contributed by atoms with Gasteiger partial charge < -0.3 is 9.53 Å². The van der Waals surface area contributed by atoms with Crippen molar-refractivity contribution in [1.82, 2.24) is 0 Å². The topological polar surface area (TPSA) is 26.3 Å². The minimum atomic E-state index is 0.0273. The molecule has 0 aromatic rings. The van der Waals surface area contributed by atoms with Crippen LogP contribution in [0.5, 0.6) is 0 Å². The van der Waals surface area contributed by atoms with Crippen LogP contribution in [-0.4, -0.2) is 18.0 Å². The number of hydrogen-bond donors (Lipinski definition) is 0. The second-order valence-electron chi connectivity index (χ2n) is 4.33. The van der Waals surface area contributed by atoms with Crippen molar-refractivity contribution in [3.63, 3.8) is 0 Å². The Bertz CT molecular complexity index is 114. The number of carbonyl (C=O) groups excluding carboxylic acids is 1. The minimum absolute atomic E-state index is 0.0273. The van der Waals surface area contributed by atoms with Gasteiger partial charge in [0, 0.05) is 0 Å². The Labute approximate surface area is 82.7 Å². The summed E-state index contributed by atoms with van der Waals surface area (Å²) in [4.78, 5) is 8.00. The Morgan fingerprint density at radius 3 is 1.31 bits per heavy atom. The van der Waals surface area contributed by atoms with E-state index in [0.717, 1.165) is 12.8 Å².